The average Bonchev–Trinajstić information content (AvgIpc) is 2.74. The molecule has 0 bridgehead atoms. The molecule has 152 valence electrons. The molecule has 1 aliphatic rings. The molecule has 1 aliphatic heterocycles. The van der Waals surface area contributed by atoms with E-state index >= 15 is 0 Å². The van der Waals surface area contributed by atoms with E-state index in [9.17, 15) is 8.42 Å². The fourth-order valence-corrected chi connectivity index (χ4v) is 4.38. The molecule has 1 saturated heterocycles. The van der Waals surface area contributed by atoms with E-state index in [-0.39, 0.29) is 17.5 Å². The van der Waals surface area contributed by atoms with Crippen LogP contribution in [0.4, 0.5) is 0 Å². The number of benzene rings is 1. The standard InChI is InChI=1S/C19H25N3O5S/c1-25-18-6-5-16(12-19(18)26-2)28(23,24)21-14-17(15-4-3-7-20-13-15)22-8-10-27-11-9-22/h3-7,12-13,17,21H,8-11,14H2,1-2H3/p+1. The maximum absolute atomic E-state index is 12.9. The third-order valence-electron chi connectivity index (χ3n) is 4.86. The van der Waals surface area contributed by atoms with Crippen LogP contribution in [0, 0.1) is 0 Å². The Labute approximate surface area is 165 Å². The maximum Gasteiger partial charge on any atom is 0.240 e. The van der Waals surface area contributed by atoms with E-state index in [4.69, 9.17) is 14.2 Å². The van der Waals surface area contributed by atoms with Gasteiger partial charge in [0, 0.05) is 24.0 Å². The van der Waals surface area contributed by atoms with Crippen molar-refractivity contribution in [3.05, 3.63) is 48.3 Å². The predicted octanol–water partition coefficient (Wildman–Crippen LogP) is 0.0335. The Morgan fingerprint density at radius 2 is 1.93 bits per heavy atom. The van der Waals surface area contributed by atoms with Gasteiger partial charge in [-0.05, 0) is 24.3 Å². The monoisotopic (exact) mass is 408 g/mol. The lowest BCUT2D eigenvalue weighted by Crippen LogP contribution is -3.15. The lowest BCUT2D eigenvalue weighted by Gasteiger charge is -2.31. The number of ether oxygens (including phenoxy) is 3. The molecule has 3 rings (SSSR count). The van der Waals surface area contributed by atoms with Crippen LogP contribution in [0.1, 0.15) is 11.6 Å². The van der Waals surface area contributed by atoms with Gasteiger partial charge in [-0.1, -0.05) is 0 Å². The van der Waals surface area contributed by atoms with Gasteiger partial charge in [0.05, 0.1) is 38.9 Å². The minimum atomic E-state index is -3.71. The molecule has 0 radical (unpaired) electrons. The predicted molar refractivity (Wildman–Crippen MR) is 103 cm³/mol. The molecule has 1 aromatic carbocycles. The quantitative estimate of drug-likeness (QED) is 0.641. The van der Waals surface area contributed by atoms with E-state index in [1.165, 1.54) is 31.3 Å². The Morgan fingerprint density at radius 3 is 2.57 bits per heavy atom. The SMILES string of the molecule is COc1ccc(S(=O)(=O)NCC(c2cccnc2)[NH+]2CCOCC2)cc1OC. The first kappa shape index (κ1) is 20.5. The number of pyridine rings is 1. The summed E-state index contributed by atoms with van der Waals surface area (Å²) >= 11 is 0. The van der Waals surface area contributed by atoms with Crippen molar-refractivity contribution in [2.24, 2.45) is 0 Å². The molecular formula is C19H26N3O5S+. The Morgan fingerprint density at radius 1 is 1.18 bits per heavy atom. The van der Waals surface area contributed by atoms with Crippen molar-refractivity contribution in [3.8, 4) is 11.5 Å². The van der Waals surface area contributed by atoms with Gasteiger partial charge in [0.15, 0.2) is 11.5 Å². The van der Waals surface area contributed by atoms with Gasteiger partial charge in [-0.25, -0.2) is 13.1 Å². The van der Waals surface area contributed by atoms with Crippen molar-refractivity contribution < 1.29 is 27.5 Å². The number of sulfonamides is 1. The van der Waals surface area contributed by atoms with Crippen LogP contribution in [0.5, 0.6) is 11.5 Å². The Hall–Kier alpha value is -2.20. The second-order valence-electron chi connectivity index (χ2n) is 6.48. The van der Waals surface area contributed by atoms with E-state index in [1.807, 2.05) is 12.1 Å². The van der Waals surface area contributed by atoms with Crippen molar-refractivity contribution in [3.63, 3.8) is 0 Å². The van der Waals surface area contributed by atoms with Crippen molar-refractivity contribution in [1.82, 2.24) is 9.71 Å². The molecule has 0 saturated carbocycles. The molecule has 1 fully saturated rings. The lowest BCUT2D eigenvalue weighted by atomic mass is 10.1. The minimum absolute atomic E-state index is 0.0486. The van der Waals surface area contributed by atoms with Crippen LogP contribution in [0.2, 0.25) is 0 Å². The summed E-state index contributed by atoms with van der Waals surface area (Å²) in [6, 6.07) is 8.34. The molecule has 0 spiro atoms. The highest BCUT2D eigenvalue weighted by Gasteiger charge is 2.28. The molecule has 8 nitrogen and oxygen atoms in total. The second kappa shape index (κ2) is 9.33. The fraction of sp³-hybridized carbons (Fsp3) is 0.421. The summed E-state index contributed by atoms with van der Waals surface area (Å²) < 4.78 is 44.3. The zero-order valence-electron chi connectivity index (χ0n) is 16.1. The van der Waals surface area contributed by atoms with Gasteiger partial charge < -0.3 is 19.1 Å². The molecule has 28 heavy (non-hydrogen) atoms. The first-order chi connectivity index (χ1) is 13.5. The van der Waals surface area contributed by atoms with Crippen LogP contribution < -0.4 is 19.1 Å². The number of hydrogen-bond acceptors (Lipinski definition) is 6. The number of quaternary nitrogens is 1. The molecule has 2 N–H and O–H groups in total. The average molecular weight is 409 g/mol. The molecular weight excluding hydrogens is 382 g/mol. The molecule has 1 aromatic heterocycles. The van der Waals surface area contributed by atoms with Crippen LogP contribution in [-0.4, -0.2) is 60.5 Å². The highest BCUT2D eigenvalue weighted by atomic mass is 32.2. The largest absolute Gasteiger partial charge is 0.493 e. The third-order valence-corrected chi connectivity index (χ3v) is 6.28. The highest BCUT2D eigenvalue weighted by Crippen LogP contribution is 2.29. The van der Waals surface area contributed by atoms with Gasteiger partial charge in [-0.2, -0.15) is 0 Å². The zero-order valence-corrected chi connectivity index (χ0v) is 16.9. The number of morpholine rings is 1. The number of rotatable bonds is 8. The molecule has 9 heteroatoms. The minimum Gasteiger partial charge on any atom is -0.493 e. The van der Waals surface area contributed by atoms with Gasteiger partial charge >= 0.3 is 0 Å². The van der Waals surface area contributed by atoms with Crippen molar-refractivity contribution in [2.75, 3.05) is 47.1 Å². The lowest BCUT2D eigenvalue weighted by molar-refractivity contribution is -0.937. The van der Waals surface area contributed by atoms with Crippen LogP contribution in [0.25, 0.3) is 0 Å². The normalized spacial score (nSPS) is 16.5. The third kappa shape index (κ3) is 4.79. The second-order valence-corrected chi connectivity index (χ2v) is 8.25. The molecule has 2 aromatic rings. The van der Waals surface area contributed by atoms with Crippen LogP contribution in [0.15, 0.2) is 47.6 Å². The van der Waals surface area contributed by atoms with Gasteiger partial charge in [0.2, 0.25) is 10.0 Å². The van der Waals surface area contributed by atoms with E-state index in [1.54, 1.807) is 18.5 Å². The highest BCUT2D eigenvalue weighted by molar-refractivity contribution is 7.89. The Kier molecular flexibility index (Phi) is 6.84. The number of nitrogens with zero attached hydrogens (tertiary/aromatic N) is 1. The van der Waals surface area contributed by atoms with Crippen LogP contribution in [0.3, 0.4) is 0 Å². The van der Waals surface area contributed by atoms with E-state index in [2.05, 4.69) is 9.71 Å². The van der Waals surface area contributed by atoms with Crippen LogP contribution in [-0.2, 0) is 14.8 Å². The fourth-order valence-electron chi connectivity index (χ4n) is 3.32. The molecule has 1 atom stereocenters. The summed E-state index contributed by atoms with van der Waals surface area (Å²) in [5.74, 6) is 0.848. The number of hydrogen-bond donors (Lipinski definition) is 2. The first-order valence-corrected chi connectivity index (χ1v) is 10.6. The Bertz CT molecular complexity index is 870. The van der Waals surface area contributed by atoms with E-state index < -0.39 is 10.0 Å². The smallest absolute Gasteiger partial charge is 0.240 e. The van der Waals surface area contributed by atoms with Gasteiger partial charge in [0.1, 0.15) is 19.1 Å². The summed E-state index contributed by atoms with van der Waals surface area (Å²) in [7, 11) is -0.728. The van der Waals surface area contributed by atoms with Gasteiger partial charge in [0.25, 0.3) is 0 Å². The summed E-state index contributed by atoms with van der Waals surface area (Å²) in [6.45, 7) is 3.22. The van der Waals surface area contributed by atoms with E-state index in [0.29, 0.717) is 24.7 Å². The van der Waals surface area contributed by atoms with Gasteiger partial charge in [-0.15, -0.1) is 0 Å². The van der Waals surface area contributed by atoms with Gasteiger partial charge in [-0.3, -0.25) is 4.98 Å². The molecule has 2 heterocycles. The zero-order chi connectivity index (χ0) is 20.0. The summed E-state index contributed by atoms with van der Waals surface area (Å²) in [6.07, 6.45) is 3.50. The van der Waals surface area contributed by atoms with Crippen molar-refractivity contribution >= 4 is 10.0 Å². The summed E-state index contributed by atoms with van der Waals surface area (Å²) in [5.41, 5.74) is 0.995. The van der Waals surface area contributed by atoms with Crippen LogP contribution >= 0.6 is 0 Å². The number of methoxy groups -OCH3 is 2. The topological polar surface area (TPSA) is 91.2 Å². The number of aromatic nitrogens is 1. The summed E-state index contributed by atoms with van der Waals surface area (Å²) in [4.78, 5) is 5.60. The summed E-state index contributed by atoms with van der Waals surface area (Å²) in [5, 5.41) is 0. The Balaban J connectivity index is 1.80. The molecule has 1 unspecified atom stereocenters. The molecule has 0 aliphatic carbocycles. The number of nitrogens with one attached hydrogen (secondary N) is 2. The maximum atomic E-state index is 12.9. The van der Waals surface area contributed by atoms with Crippen molar-refractivity contribution in [2.45, 2.75) is 10.9 Å². The van der Waals surface area contributed by atoms with Crippen molar-refractivity contribution in [1.29, 1.82) is 0 Å². The molecule has 0 amide bonds. The first-order valence-electron chi connectivity index (χ1n) is 9.09. The van der Waals surface area contributed by atoms with E-state index in [0.717, 1.165) is 18.7 Å².